The summed E-state index contributed by atoms with van der Waals surface area (Å²) in [5.41, 5.74) is 0.967. The van der Waals surface area contributed by atoms with E-state index in [1.54, 1.807) is 24.3 Å². The monoisotopic (exact) mass is 412 g/mol. The molecule has 0 saturated heterocycles. The molecule has 0 saturated carbocycles. The van der Waals surface area contributed by atoms with Crippen LogP contribution in [0.25, 0.3) is 0 Å². The van der Waals surface area contributed by atoms with Gasteiger partial charge in [-0.05, 0) is 25.1 Å². The Balaban J connectivity index is 2.68. The van der Waals surface area contributed by atoms with E-state index in [0.29, 0.717) is 19.3 Å². The second kappa shape index (κ2) is 11.9. The molecule has 0 amide bonds. The maximum atomic E-state index is 12.1. The van der Waals surface area contributed by atoms with Gasteiger partial charge in [0, 0.05) is 6.04 Å². The first kappa shape index (κ1) is 23.3. The molecule has 0 bridgehead atoms. The molecule has 1 aromatic carbocycles. The van der Waals surface area contributed by atoms with Gasteiger partial charge >= 0.3 is 18.9 Å². The minimum Gasteiger partial charge on any atom is -0.387 e. The van der Waals surface area contributed by atoms with Crippen molar-refractivity contribution in [1.82, 2.24) is 0 Å². The van der Waals surface area contributed by atoms with Crippen molar-refractivity contribution in [3.8, 4) is 0 Å². The maximum absolute atomic E-state index is 12.1. The third-order valence-corrected chi connectivity index (χ3v) is 7.53. The molecule has 150 valence electrons. The minimum absolute atomic E-state index is 0.0944. The lowest BCUT2D eigenvalue weighted by Gasteiger charge is -2.28. The molecule has 0 aliphatic carbocycles. The van der Waals surface area contributed by atoms with Gasteiger partial charge in [0.2, 0.25) is 0 Å². The van der Waals surface area contributed by atoms with Gasteiger partial charge in [0.1, 0.15) is 11.2 Å². The third kappa shape index (κ3) is 8.23. The molecule has 6 nitrogen and oxygen atoms in total. The first-order chi connectivity index (χ1) is 12.9. The summed E-state index contributed by atoms with van der Waals surface area (Å²) in [6.45, 7) is 11.9. The highest BCUT2D eigenvalue weighted by atomic mass is 32.2. The normalized spacial score (nSPS) is 12.2. The standard InChI is InChI=1S/C19H28O6SSi/c1-5-13-23-27(17-7-3,24-14-6-2)25-16-8-15-22-26(20,21)19-11-9-18(4)10-12-19/h5-6,8-12,15H,1-2,7,13-14,16-17H2,3-4H3. The Morgan fingerprint density at radius 2 is 1.56 bits per heavy atom. The van der Waals surface area contributed by atoms with Crippen molar-refractivity contribution < 1.29 is 25.9 Å². The van der Waals surface area contributed by atoms with E-state index in [0.717, 1.165) is 18.2 Å². The average molecular weight is 413 g/mol. The molecule has 1 rings (SSSR count). The van der Waals surface area contributed by atoms with Crippen LogP contribution < -0.4 is 0 Å². The Kier molecular flexibility index (Phi) is 10.3. The second-order valence-electron chi connectivity index (χ2n) is 5.68. The van der Waals surface area contributed by atoms with Gasteiger partial charge in [0.15, 0.2) is 0 Å². The summed E-state index contributed by atoms with van der Waals surface area (Å²) < 4.78 is 46.5. The molecule has 0 unspecified atom stereocenters. The van der Waals surface area contributed by atoms with E-state index in [-0.39, 0.29) is 11.5 Å². The number of hydrogen-bond donors (Lipinski definition) is 0. The van der Waals surface area contributed by atoms with Crippen LogP contribution in [0.15, 0.2) is 66.8 Å². The summed E-state index contributed by atoms with van der Waals surface area (Å²) in [7, 11) is -6.75. The Bertz CT molecular complexity index is 700. The predicted octanol–water partition coefficient (Wildman–Crippen LogP) is 3.98. The summed E-state index contributed by atoms with van der Waals surface area (Å²) in [6.07, 6.45) is 6.65. The van der Waals surface area contributed by atoms with Crippen LogP contribution >= 0.6 is 0 Å². The molecule has 27 heavy (non-hydrogen) atoms. The Morgan fingerprint density at radius 1 is 1.00 bits per heavy atom. The van der Waals surface area contributed by atoms with Crippen LogP contribution in [0.3, 0.4) is 0 Å². The van der Waals surface area contributed by atoms with Crippen LogP contribution in [0.4, 0.5) is 0 Å². The van der Waals surface area contributed by atoms with Crippen molar-refractivity contribution in [3.05, 3.63) is 67.5 Å². The zero-order valence-electron chi connectivity index (χ0n) is 15.9. The number of hydrogen-bond acceptors (Lipinski definition) is 6. The van der Waals surface area contributed by atoms with Crippen molar-refractivity contribution in [2.45, 2.75) is 31.2 Å². The smallest absolute Gasteiger partial charge is 0.387 e. The van der Waals surface area contributed by atoms with E-state index in [1.807, 2.05) is 13.8 Å². The van der Waals surface area contributed by atoms with E-state index in [9.17, 15) is 8.42 Å². The van der Waals surface area contributed by atoms with Gasteiger partial charge in [-0.2, -0.15) is 8.42 Å². The fourth-order valence-corrected chi connectivity index (χ4v) is 5.30. The topological polar surface area (TPSA) is 71.1 Å². The lowest BCUT2D eigenvalue weighted by molar-refractivity contribution is 0.0856. The van der Waals surface area contributed by atoms with Crippen LogP contribution in [0.2, 0.25) is 6.04 Å². The van der Waals surface area contributed by atoms with Gasteiger partial charge in [-0.3, -0.25) is 0 Å². The van der Waals surface area contributed by atoms with Crippen molar-refractivity contribution in [2.75, 3.05) is 19.8 Å². The molecule has 0 spiro atoms. The second-order valence-corrected chi connectivity index (χ2v) is 9.98. The molecule has 0 fully saturated rings. The minimum atomic E-state index is -3.85. The van der Waals surface area contributed by atoms with Crippen molar-refractivity contribution in [3.63, 3.8) is 0 Å². The van der Waals surface area contributed by atoms with E-state index >= 15 is 0 Å². The first-order valence-electron chi connectivity index (χ1n) is 8.67. The van der Waals surface area contributed by atoms with Crippen LogP contribution in [-0.4, -0.2) is 37.0 Å². The Labute approximate surface area is 163 Å². The fraction of sp³-hybridized carbons (Fsp3) is 0.368. The summed E-state index contributed by atoms with van der Waals surface area (Å²) in [5, 5.41) is 0. The van der Waals surface area contributed by atoms with Crippen molar-refractivity contribution in [2.24, 2.45) is 0 Å². The molecule has 0 aromatic heterocycles. The fourth-order valence-electron chi connectivity index (χ4n) is 2.11. The van der Waals surface area contributed by atoms with E-state index in [1.165, 1.54) is 18.2 Å². The van der Waals surface area contributed by atoms with Gasteiger partial charge in [0.05, 0.1) is 19.8 Å². The van der Waals surface area contributed by atoms with Crippen molar-refractivity contribution in [1.29, 1.82) is 0 Å². The molecular formula is C19H28O6SSi. The molecule has 1 aromatic rings. The Hall–Kier alpha value is -1.71. The predicted molar refractivity (Wildman–Crippen MR) is 108 cm³/mol. The third-order valence-electron chi connectivity index (χ3n) is 3.39. The summed E-state index contributed by atoms with van der Waals surface area (Å²) in [4.78, 5) is 0.0944. The van der Waals surface area contributed by atoms with Crippen LogP contribution in [0, 0.1) is 6.92 Å². The molecule has 0 atom stereocenters. The first-order valence-corrected chi connectivity index (χ1v) is 12.0. The van der Waals surface area contributed by atoms with Crippen LogP contribution in [-0.2, 0) is 27.6 Å². The van der Waals surface area contributed by atoms with Crippen LogP contribution in [0.5, 0.6) is 0 Å². The highest BCUT2D eigenvalue weighted by Gasteiger charge is 2.39. The summed E-state index contributed by atoms with van der Waals surface area (Å²) in [5.74, 6) is 0. The zero-order valence-corrected chi connectivity index (χ0v) is 17.7. The van der Waals surface area contributed by atoms with Gasteiger partial charge in [-0.15, -0.1) is 13.2 Å². The van der Waals surface area contributed by atoms with Gasteiger partial charge in [-0.1, -0.05) is 43.2 Å². The van der Waals surface area contributed by atoms with E-state index in [2.05, 4.69) is 13.2 Å². The zero-order chi connectivity index (χ0) is 20.2. The number of rotatable bonds is 14. The summed E-state index contributed by atoms with van der Waals surface area (Å²) in [6, 6.07) is 7.05. The molecule has 0 aliphatic rings. The molecule has 0 aliphatic heterocycles. The SMILES string of the molecule is C=CCO[Si](CCC)(OCC=C)OCC=COS(=O)(=O)c1ccc(C)cc1. The summed E-state index contributed by atoms with van der Waals surface area (Å²) >= 11 is 0. The largest absolute Gasteiger partial charge is 0.501 e. The molecule has 0 heterocycles. The highest BCUT2D eigenvalue weighted by molar-refractivity contribution is 7.86. The van der Waals surface area contributed by atoms with E-state index < -0.39 is 18.9 Å². The molecule has 0 radical (unpaired) electrons. The van der Waals surface area contributed by atoms with E-state index in [4.69, 9.17) is 17.5 Å². The maximum Gasteiger partial charge on any atom is 0.501 e. The quantitative estimate of drug-likeness (QED) is 0.199. The van der Waals surface area contributed by atoms with Gasteiger partial charge < -0.3 is 17.5 Å². The van der Waals surface area contributed by atoms with Gasteiger partial charge in [0.25, 0.3) is 0 Å². The molecule has 0 N–H and O–H groups in total. The van der Waals surface area contributed by atoms with Crippen molar-refractivity contribution >= 4 is 18.9 Å². The average Bonchev–Trinajstić information content (AvgIpc) is 2.65. The van der Waals surface area contributed by atoms with Gasteiger partial charge in [-0.25, -0.2) is 0 Å². The Morgan fingerprint density at radius 3 is 2.07 bits per heavy atom. The lowest BCUT2D eigenvalue weighted by atomic mass is 10.2. The lowest BCUT2D eigenvalue weighted by Crippen LogP contribution is -2.46. The highest BCUT2D eigenvalue weighted by Crippen LogP contribution is 2.18. The van der Waals surface area contributed by atoms with Crippen LogP contribution in [0.1, 0.15) is 18.9 Å². The molecular weight excluding hydrogens is 384 g/mol. The number of benzene rings is 1. The number of aryl methyl sites for hydroxylation is 1. The molecule has 8 heteroatoms.